The molecule has 0 aliphatic heterocycles. The van der Waals surface area contributed by atoms with Gasteiger partial charge in [0.05, 0.1) is 11.5 Å². The van der Waals surface area contributed by atoms with Gasteiger partial charge in [-0.2, -0.15) is 0 Å². The highest BCUT2D eigenvalue weighted by molar-refractivity contribution is 5.95. The van der Waals surface area contributed by atoms with Crippen molar-refractivity contribution < 1.29 is 19.1 Å². The summed E-state index contributed by atoms with van der Waals surface area (Å²) < 4.78 is 13.6. The summed E-state index contributed by atoms with van der Waals surface area (Å²) in [5, 5.41) is 15.0. The first-order chi connectivity index (χ1) is 18.8. The van der Waals surface area contributed by atoms with Gasteiger partial charge in [0.1, 0.15) is 5.82 Å². The zero-order chi connectivity index (χ0) is 28.3. The molecule has 0 radical (unpaired) electrons. The third-order valence-electron chi connectivity index (χ3n) is 7.42. The van der Waals surface area contributed by atoms with Crippen LogP contribution < -0.4 is 11.1 Å². The van der Waals surface area contributed by atoms with Gasteiger partial charge < -0.3 is 21.1 Å². The van der Waals surface area contributed by atoms with Crippen molar-refractivity contribution in [2.75, 3.05) is 26.2 Å². The first-order valence-corrected chi connectivity index (χ1v) is 14.0. The number of primary amides is 1. The summed E-state index contributed by atoms with van der Waals surface area (Å²) in [6, 6.07) is 16.3. The molecule has 3 rings (SSSR count). The van der Waals surface area contributed by atoms with E-state index in [1.54, 1.807) is 18.2 Å². The number of hydrogen-bond donors (Lipinski definition) is 3. The Bertz CT molecular complexity index is 1140. The molecule has 3 atom stereocenters. The third-order valence-corrected chi connectivity index (χ3v) is 7.42. The third kappa shape index (κ3) is 8.10. The van der Waals surface area contributed by atoms with Gasteiger partial charge in [0.2, 0.25) is 11.8 Å². The lowest BCUT2D eigenvalue weighted by atomic mass is 9.64. The van der Waals surface area contributed by atoms with Crippen molar-refractivity contribution >= 4 is 11.8 Å². The maximum Gasteiger partial charge on any atom is 0.244 e. The van der Waals surface area contributed by atoms with Gasteiger partial charge in [-0.1, -0.05) is 74.5 Å². The van der Waals surface area contributed by atoms with Crippen LogP contribution in [0.2, 0.25) is 0 Å². The molecule has 39 heavy (non-hydrogen) atoms. The molecule has 0 saturated heterocycles. The lowest BCUT2D eigenvalue weighted by molar-refractivity contribution is -0.145. The van der Waals surface area contributed by atoms with Gasteiger partial charge in [-0.15, -0.1) is 0 Å². The molecule has 2 amide bonds. The van der Waals surface area contributed by atoms with Crippen LogP contribution in [-0.4, -0.2) is 54.1 Å². The normalized spacial score (nSPS) is 18.3. The number of benzene rings is 2. The van der Waals surface area contributed by atoms with Gasteiger partial charge in [0.25, 0.3) is 0 Å². The average Bonchev–Trinajstić information content (AvgIpc) is 2.94. The topological polar surface area (TPSA) is 95.7 Å². The van der Waals surface area contributed by atoms with Gasteiger partial charge >= 0.3 is 0 Å². The number of halogens is 1. The molecular weight excluding hydrogens is 493 g/mol. The van der Waals surface area contributed by atoms with Gasteiger partial charge in [0.15, 0.2) is 0 Å². The zero-order valence-electron chi connectivity index (χ0n) is 23.1. The molecule has 0 saturated carbocycles. The van der Waals surface area contributed by atoms with E-state index in [-0.39, 0.29) is 24.7 Å². The van der Waals surface area contributed by atoms with E-state index >= 15 is 0 Å². The van der Waals surface area contributed by atoms with Crippen LogP contribution in [0, 0.1) is 17.2 Å². The van der Waals surface area contributed by atoms with E-state index in [1.165, 1.54) is 12.1 Å². The fourth-order valence-corrected chi connectivity index (χ4v) is 5.49. The second-order valence-corrected chi connectivity index (χ2v) is 10.4. The standard InChI is InChI=1S/C32H42FN3O3/c1-3-18-36(19-4-2)31(39)32(16-9-13-26(22-32)30(34)38)28(21-24-10-6-5-7-11-24)29(37)23-35-17-15-25-12-8-14-27(33)20-25/h5-14,16,20,28-29,35,37H,3-4,15,17-19,21-23H2,1-2H3,(H2,34,38)/t28-,29+,32?/m1/s1. The van der Waals surface area contributed by atoms with Crippen molar-refractivity contribution in [2.24, 2.45) is 17.1 Å². The number of aliphatic hydroxyl groups is 1. The molecule has 2 aromatic rings. The Kier molecular flexibility index (Phi) is 11.4. The number of aliphatic hydroxyl groups excluding tert-OH is 1. The van der Waals surface area contributed by atoms with Crippen molar-refractivity contribution in [3.63, 3.8) is 0 Å². The molecule has 6 nitrogen and oxygen atoms in total. The van der Waals surface area contributed by atoms with Crippen LogP contribution in [0.4, 0.5) is 4.39 Å². The van der Waals surface area contributed by atoms with Gasteiger partial charge in [0, 0.05) is 31.1 Å². The van der Waals surface area contributed by atoms with Crippen molar-refractivity contribution in [3.8, 4) is 0 Å². The van der Waals surface area contributed by atoms with E-state index in [2.05, 4.69) is 5.32 Å². The minimum atomic E-state index is -1.14. The number of nitrogens with zero attached hydrogens (tertiary/aromatic N) is 1. The SMILES string of the molecule is CCCN(CCC)C(=O)C1([C@H](Cc2ccccc2)[C@@H](O)CNCCc2cccc(F)c2)C=CC=C(C(N)=O)C1. The Morgan fingerprint density at radius 3 is 2.41 bits per heavy atom. The molecular formula is C32H42FN3O3. The Labute approximate surface area is 231 Å². The number of carbonyl (C=O) groups excluding carboxylic acids is 2. The molecule has 1 unspecified atom stereocenters. The molecule has 0 fully saturated rings. The predicted molar refractivity (Wildman–Crippen MR) is 153 cm³/mol. The van der Waals surface area contributed by atoms with Crippen molar-refractivity contribution in [1.82, 2.24) is 10.2 Å². The minimum absolute atomic E-state index is 0.0889. The van der Waals surface area contributed by atoms with E-state index in [0.717, 1.165) is 24.0 Å². The molecule has 1 aliphatic rings. The fourth-order valence-electron chi connectivity index (χ4n) is 5.49. The quantitative estimate of drug-likeness (QED) is 0.298. The Hall–Kier alpha value is -3.29. The summed E-state index contributed by atoms with van der Waals surface area (Å²) in [6.07, 6.45) is 7.16. The Morgan fingerprint density at radius 2 is 1.77 bits per heavy atom. The predicted octanol–water partition coefficient (Wildman–Crippen LogP) is 4.18. The number of carbonyl (C=O) groups is 2. The number of allylic oxidation sites excluding steroid dienone is 2. The minimum Gasteiger partial charge on any atom is -0.391 e. The van der Waals surface area contributed by atoms with E-state index in [0.29, 0.717) is 38.0 Å². The number of rotatable bonds is 15. The molecule has 7 heteroatoms. The highest BCUT2D eigenvalue weighted by Gasteiger charge is 2.49. The summed E-state index contributed by atoms with van der Waals surface area (Å²) in [4.78, 5) is 28.5. The summed E-state index contributed by atoms with van der Waals surface area (Å²) in [6.45, 7) is 6.04. The van der Waals surface area contributed by atoms with Crippen molar-refractivity contribution in [2.45, 2.75) is 52.1 Å². The highest BCUT2D eigenvalue weighted by Crippen LogP contribution is 2.44. The lowest BCUT2D eigenvalue weighted by Crippen LogP contribution is -2.54. The molecule has 2 aromatic carbocycles. The maximum atomic E-state index is 14.4. The molecule has 0 heterocycles. The summed E-state index contributed by atoms with van der Waals surface area (Å²) in [5.41, 5.74) is 6.81. The smallest absolute Gasteiger partial charge is 0.244 e. The maximum absolute atomic E-state index is 14.4. The van der Waals surface area contributed by atoms with Crippen LogP contribution >= 0.6 is 0 Å². The van der Waals surface area contributed by atoms with Gasteiger partial charge in [-0.05, 0) is 61.9 Å². The Balaban J connectivity index is 1.92. The number of nitrogens with one attached hydrogen (secondary N) is 1. The van der Waals surface area contributed by atoms with Crippen molar-refractivity contribution in [3.05, 3.63) is 95.3 Å². The Morgan fingerprint density at radius 1 is 1.08 bits per heavy atom. The van der Waals surface area contributed by atoms with Crippen LogP contribution in [0.5, 0.6) is 0 Å². The van der Waals surface area contributed by atoms with E-state index in [1.807, 2.05) is 61.2 Å². The second kappa shape index (κ2) is 14.8. The van der Waals surface area contributed by atoms with Crippen LogP contribution in [0.15, 0.2) is 78.4 Å². The van der Waals surface area contributed by atoms with Crippen LogP contribution in [-0.2, 0) is 22.4 Å². The molecule has 210 valence electrons. The van der Waals surface area contributed by atoms with Crippen LogP contribution in [0.1, 0.15) is 44.2 Å². The fraction of sp³-hybridized carbons (Fsp3) is 0.438. The first kappa shape index (κ1) is 30.3. The number of hydrogen-bond acceptors (Lipinski definition) is 4. The molecule has 0 aromatic heterocycles. The average molecular weight is 536 g/mol. The van der Waals surface area contributed by atoms with Crippen LogP contribution in [0.25, 0.3) is 0 Å². The summed E-state index contributed by atoms with van der Waals surface area (Å²) in [7, 11) is 0. The largest absolute Gasteiger partial charge is 0.391 e. The van der Waals surface area contributed by atoms with E-state index in [9.17, 15) is 19.1 Å². The monoisotopic (exact) mass is 535 g/mol. The number of amides is 2. The lowest BCUT2D eigenvalue weighted by Gasteiger charge is -2.44. The van der Waals surface area contributed by atoms with Gasteiger partial charge in [-0.3, -0.25) is 9.59 Å². The van der Waals surface area contributed by atoms with Crippen molar-refractivity contribution in [1.29, 1.82) is 0 Å². The molecule has 4 N–H and O–H groups in total. The van der Waals surface area contributed by atoms with Gasteiger partial charge in [-0.25, -0.2) is 4.39 Å². The first-order valence-electron chi connectivity index (χ1n) is 14.0. The second-order valence-electron chi connectivity index (χ2n) is 10.4. The molecule has 1 aliphatic carbocycles. The van der Waals surface area contributed by atoms with Crippen LogP contribution in [0.3, 0.4) is 0 Å². The summed E-state index contributed by atoms with van der Waals surface area (Å²) >= 11 is 0. The highest BCUT2D eigenvalue weighted by atomic mass is 19.1. The zero-order valence-corrected chi connectivity index (χ0v) is 23.1. The summed E-state index contributed by atoms with van der Waals surface area (Å²) in [5.74, 6) is -1.45. The van der Waals surface area contributed by atoms with E-state index in [4.69, 9.17) is 5.73 Å². The molecule has 0 spiro atoms. The molecule has 0 bridgehead atoms. The number of nitrogens with two attached hydrogens (primary N) is 1. The van der Waals surface area contributed by atoms with E-state index < -0.39 is 23.3 Å².